The fourth-order valence-electron chi connectivity index (χ4n) is 1.41. The van der Waals surface area contributed by atoms with E-state index in [1.807, 2.05) is 0 Å². The molecule has 3 N–H and O–H groups in total. The third-order valence-corrected chi connectivity index (χ3v) is 2.60. The number of carboxylic acids is 1. The average molecular weight is 246 g/mol. The summed E-state index contributed by atoms with van der Waals surface area (Å²) in [7, 11) is 0. The lowest BCUT2D eigenvalue weighted by atomic mass is 10.0. The molecule has 1 aromatic rings. The molecule has 16 heavy (non-hydrogen) atoms. The Bertz CT molecular complexity index is 386. The van der Waals surface area contributed by atoms with E-state index in [-0.39, 0.29) is 11.4 Å². The van der Waals surface area contributed by atoms with E-state index in [4.69, 9.17) is 22.4 Å². The third kappa shape index (κ3) is 3.18. The van der Waals surface area contributed by atoms with Gasteiger partial charge in [0, 0.05) is 12.5 Å². The fourth-order valence-corrected chi connectivity index (χ4v) is 1.69. The second-order valence-corrected chi connectivity index (χ2v) is 4.08. The number of aliphatic carboxylic acids is 1. The summed E-state index contributed by atoms with van der Waals surface area (Å²) in [6.07, 6.45) is 0.284. The van der Waals surface area contributed by atoms with Crippen molar-refractivity contribution in [1.29, 1.82) is 0 Å². The van der Waals surface area contributed by atoms with Crippen LogP contribution in [-0.4, -0.2) is 11.1 Å². The van der Waals surface area contributed by atoms with E-state index in [1.165, 1.54) is 6.07 Å². The maximum atomic E-state index is 13.2. The maximum absolute atomic E-state index is 13.2. The van der Waals surface area contributed by atoms with Crippen LogP contribution in [0.25, 0.3) is 0 Å². The van der Waals surface area contributed by atoms with Crippen molar-refractivity contribution in [3.63, 3.8) is 0 Å². The second kappa shape index (κ2) is 5.27. The topological polar surface area (TPSA) is 63.3 Å². The van der Waals surface area contributed by atoms with Crippen LogP contribution >= 0.6 is 11.6 Å². The molecular formula is C11H13ClFNO2. The van der Waals surface area contributed by atoms with E-state index < -0.39 is 17.8 Å². The van der Waals surface area contributed by atoms with Crippen LogP contribution < -0.4 is 5.73 Å². The molecule has 0 saturated carbocycles. The lowest BCUT2D eigenvalue weighted by Crippen LogP contribution is -2.12. The summed E-state index contributed by atoms with van der Waals surface area (Å²) >= 11 is 5.68. The Morgan fingerprint density at radius 2 is 2.25 bits per heavy atom. The largest absolute Gasteiger partial charge is 0.481 e. The van der Waals surface area contributed by atoms with Crippen molar-refractivity contribution in [2.24, 2.45) is 5.73 Å². The SMILES string of the molecule is Cc1cc(C(N)CCC(=O)O)cc(Cl)c1F. The second-order valence-electron chi connectivity index (χ2n) is 3.67. The molecule has 5 heteroatoms. The van der Waals surface area contributed by atoms with Crippen molar-refractivity contribution < 1.29 is 14.3 Å². The van der Waals surface area contributed by atoms with Crippen LogP contribution in [0.3, 0.4) is 0 Å². The summed E-state index contributed by atoms with van der Waals surface area (Å²) in [5.41, 5.74) is 6.85. The predicted octanol–water partition coefficient (Wildman–Crippen LogP) is 2.65. The van der Waals surface area contributed by atoms with Gasteiger partial charge in [0.1, 0.15) is 5.82 Å². The molecule has 0 aromatic heterocycles. The maximum Gasteiger partial charge on any atom is 0.303 e. The van der Waals surface area contributed by atoms with Crippen LogP contribution in [0.5, 0.6) is 0 Å². The molecular weight excluding hydrogens is 233 g/mol. The summed E-state index contributed by atoms with van der Waals surface area (Å²) in [4.78, 5) is 10.4. The van der Waals surface area contributed by atoms with Gasteiger partial charge in [0.25, 0.3) is 0 Å². The van der Waals surface area contributed by atoms with Gasteiger partial charge >= 0.3 is 5.97 Å². The van der Waals surface area contributed by atoms with Gasteiger partial charge in [-0.3, -0.25) is 4.79 Å². The first kappa shape index (κ1) is 12.9. The van der Waals surface area contributed by atoms with E-state index in [1.54, 1.807) is 13.0 Å². The van der Waals surface area contributed by atoms with Gasteiger partial charge in [-0.2, -0.15) is 0 Å². The minimum Gasteiger partial charge on any atom is -0.481 e. The van der Waals surface area contributed by atoms with Gasteiger partial charge in [0.05, 0.1) is 5.02 Å². The quantitative estimate of drug-likeness (QED) is 0.857. The van der Waals surface area contributed by atoms with Crippen molar-refractivity contribution in [1.82, 2.24) is 0 Å². The molecule has 0 aliphatic rings. The zero-order valence-electron chi connectivity index (χ0n) is 8.84. The van der Waals surface area contributed by atoms with Crippen molar-refractivity contribution in [2.75, 3.05) is 0 Å². The lowest BCUT2D eigenvalue weighted by molar-refractivity contribution is -0.137. The van der Waals surface area contributed by atoms with Gasteiger partial charge in [0.15, 0.2) is 0 Å². The first-order valence-corrected chi connectivity index (χ1v) is 5.22. The van der Waals surface area contributed by atoms with Gasteiger partial charge in [-0.15, -0.1) is 0 Å². The molecule has 1 atom stereocenters. The van der Waals surface area contributed by atoms with Gasteiger partial charge in [0.2, 0.25) is 0 Å². The van der Waals surface area contributed by atoms with E-state index in [0.717, 1.165) is 0 Å². The summed E-state index contributed by atoms with van der Waals surface area (Å²) in [5, 5.41) is 8.54. The zero-order chi connectivity index (χ0) is 12.3. The number of hydrogen-bond donors (Lipinski definition) is 2. The van der Waals surface area contributed by atoms with Crippen LogP contribution in [-0.2, 0) is 4.79 Å². The Morgan fingerprint density at radius 3 is 2.75 bits per heavy atom. The number of rotatable bonds is 4. The highest BCUT2D eigenvalue weighted by molar-refractivity contribution is 6.30. The minimum absolute atomic E-state index is 0.0146. The van der Waals surface area contributed by atoms with Crippen LogP contribution in [0.15, 0.2) is 12.1 Å². The smallest absolute Gasteiger partial charge is 0.303 e. The molecule has 1 unspecified atom stereocenters. The number of nitrogens with two attached hydrogens (primary N) is 1. The van der Waals surface area contributed by atoms with Gasteiger partial charge in [-0.1, -0.05) is 17.7 Å². The molecule has 0 spiro atoms. The Hall–Kier alpha value is -1.13. The summed E-state index contributed by atoms with van der Waals surface area (Å²) in [6.45, 7) is 1.59. The van der Waals surface area contributed by atoms with Crippen molar-refractivity contribution in [3.05, 3.63) is 34.1 Å². The van der Waals surface area contributed by atoms with Crippen LogP contribution in [0.2, 0.25) is 5.02 Å². The van der Waals surface area contributed by atoms with Crippen LogP contribution in [0.4, 0.5) is 4.39 Å². The highest BCUT2D eigenvalue weighted by Gasteiger charge is 2.12. The van der Waals surface area contributed by atoms with Crippen molar-refractivity contribution in [2.45, 2.75) is 25.8 Å². The molecule has 0 aliphatic carbocycles. The monoisotopic (exact) mass is 245 g/mol. The zero-order valence-corrected chi connectivity index (χ0v) is 9.59. The highest BCUT2D eigenvalue weighted by Crippen LogP contribution is 2.25. The van der Waals surface area contributed by atoms with E-state index in [2.05, 4.69) is 0 Å². The molecule has 0 amide bonds. The number of hydrogen-bond acceptors (Lipinski definition) is 2. The number of halogens is 2. The molecule has 0 saturated heterocycles. The molecule has 88 valence electrons. The Morgan fingerprint density at radius 1 is 1.62 bits per heavy atom. The number of benzene rings is 1. The lowest BCUT2D eigenvalue weighted by Gasteiger charge is -2.12. The van der Waals surface area contributed by atoms with Gasteiger partial charge in [-0.05, 0) is 30.5 Å². The number of carbonyl (C=O) groups is 1. The molecule has 1 aromatic carbocycles. The molecule has 1 rings (SSSR count). The highest BCUT2D eigenvalue weighted by atomic mass is 35.5. The summed E-state index contributed by atoms with van der Waals surface area (Å²) in [6, 6.07) is 2.59. The van der Waals surface area contributed by atoms with Gasteiger partial charge in [-0.25, -0.2) is 4.39 Å². The summed E-state index contributed by atoms with van der Waals surface area (Å²) in [5.74, 6) is -1.36. The molecule has 0 fully saturated rings. The van der Waals surface area contributed by atoms with E-state index in [9.17, 15) is 9.18 Å². The minimum atomic E-state index is -0.902. The Labute approximate surface area is 98.0 Å². The Kier molecular flexibility index (Phi) is 4.26. The number of aryl methyl sites for hydroxylation is 1. The van der Waals surface area contributed by atoms with Crippen molar-refractivity contribution in [3.8, 4) is 0 Å². The first-order valence-electron chi connectivity index (χ1n) is 4.84. The van der Waals surface area contributed by atoms with Crippen molar-refractivity contribution >= 4 is 17.6 Å². The normalized spacial score (nSPS) is 12.5. The molecule has 0 bridgehead atoms. The predicted molar refractivity (Wildman–Crippen MR) is 59.9 cm³/mol. The average Bonchev–Trinajstić information content (AvgIpc) is 2.21. The van der Waals surface area contributed by atoms with Crippen LogP contribution in [0, 0.1) is 12.7 Å². The van der Waals surface area contributed by atoms with E-state index in [0.29, 0.717) is 17.5 Å². The van der Waals surface area contributed by atoms with Crippen LogP contribution in [0.1, 0.15) is 30.0 Å². The van der Waals surface area contributed by atoms with E-state index >= 15 is 0 Å². The molecule has 0 aliphatic heterocycles. The first-order chi connectivity index (χ1) is 7.41. The third-order valence-electron chi connectivity index (χ3n) is 2.33. The molecule has 0 radical (unpaired) electrons. The molecule has 0 heterocycles. The number of carboxylic acid groups (broad SMARTS) is 1. The Balaban J connectivity index is 2.84. The molecule has 3 nitrogen and oxygen atoms in total. The summed E-state index contributed by atoms with van der Waals surface area (Å²) < 4.78 is 13.2. The standard InChI is InChI=1S/C11H13ClFNO2/c1-6-4-7(5-8(12)11(6)13)9(14)2-3-10(15)16/h4-5,9H,2-3,14H2,1H3,(H,15,16). The fraction of sp³-hybridized carbons (Fsp3) is 0.364. The van der Waals surface area contributed by atoms with Gasteiger partial charge < -0.3 is 10.8 Å².